The average molecular weight is 297 g/mol. The predicted molar refractivity (Wildman–Crippen MR) is 74.8 cm³/mol. The molecule has 20 heavy (non-hydrogen) atoms. The Morgan fingerprint density at radius 3 is 2.30 bits per heavy atom. The highest BCUT2D eigenvalue weighted by Gasteiger charge is 2.52. The molecule has 6 heteroatoms. The van der Waals surface area contributed by atoms with Gasteiger partial charge in [0.2, 0.25) is 5.91 Å². The Kier molecular flexibility index (Phi) is 3.77. The molecule has 0 aromatic heterocycles. The third kappa shape index (κ3) is 2.52. The Bertz CT molecular complexity index is 544. The summed E-state index contributed by atoms with van der Waals surface area (Å²) in [5.41, 5.74) is 0.725. The molecule has 1 heterocycles. The number of thioether (sulfide) groups is 1. The fourth-order valence-corrected chi connectivity index (χ4v) is 4.09. The first-order chi connectivity index (χ1) is 9.24. The molecule has 1 aliphatic heterocycles. The number of amides is 1. The van der Waals surface area contributed by atoms with E-state index >= 15 is 0 Å². The smallest absolute Gasteiger partial charge is 0.327 e. The molecule has 0 bridgehead atoms. The highest BCUT2D eigenvalue weighted by Crippen LogP contribution is 2.52. The van der Waals surface area contributed by atoms with Gasteiger partial charge in [0.05, 0.1) is 0 Å². The molecule has 1 aromatic carbocycles. The molecule has 0 unspecified atom stereocenters. The molecule has 1 amide bonds. The Labute approximate surface area is 121 Å². The summed E-state index contributed by atoms with van der Waals surface area (Å²) in [5.74, 6) is -1.69. The van der Waals surface area contributed by atoms with Crippen LogP contribution in [0.2, 0.25) is 0 Å². The van der Waals surface area contributed by atoms with Gasteiger partial charge in [-0.25, -0.2) is 9.18 Å². The van der Waals surface area contributed by atoms with Crippen LogP contribution in [0.25, 0.3) is 0 Å². The third-order valence-electron chi connectivity index (χ3n) is 3.36. The summed E-state index contributed by atoms with van der Waals surface area (Å²) in [6.45, 7) is 4.96. The summed E-state index contributed by atoms with van der Waals surface area (Å²) in [5, 5.41) is 9.00. The molecule has 0 spiro atoms. The lowest BCUT2D eigenvalue weighted by Crippen LogP contribution is -2.48. The van der Waals surface area contributed by atoms with Crippen LogP contribution in [0, 0.1) is 5.82 Å². The molecule has 2 atom stereocenters. The van der Waals surface area contributed by atoms with Crippen LogP contribution >= 0.6 is 11.8 Å². The van der Waals surface area contributed by atoms with Gasteiger partial charge in [-0.05, 0) is 31.5 Å². The summed E-state index contributed by atoms with van der Waals surface area (Å²) in [6, 6.07) is 4.90. The van der Waals surface area contributed by atoms with Crippen molar-refractivity contribution in [2.24, 2.45) is 0 Å². The Balaban J connectivity index is 2.45. The van der Waals surface area contributed by atoms with Gasteiger partial charge in [-0.2, -0.15) is 0 Å². The second kappa shape index (κ2) is 5.09. The predicted octanol–water partition coefficient (Wildman–Crippen LogP) is 2.65. The van der Waals surface area contributed by atoms with Gasteiger partial charge in [-0.3, -0.25) is 4.79 Å². The molecule has 1 aromatic rings. The Morgan fingerprint density at radius 1 is 1.30 bits per heavy atom. The van der Waals surface area contributed by atoms with Crippen molar-refractivity contribution in [1.29, 1.82) is 0 Å². The summed E-state index contributed by atoms with van der Waals surface area (Å²) in [7, 11) is 0. The van der Waals surface area contributed by atoms with Crippen molar-refractivity contribution >= 4 is 23.6 Å². The summed E-state index contributed by atoms with van der Waals surface area (Å²) >= 11 is 1.40. The van der Waals surface area contributed by atoms with Crippen LogP contribution in [0.5, 0.6) is 0 Å². The quantitative estimate of drug-likeness (QED) is 0.911. The molecule has 2 rings (SSSR count). The van der Waals surface area contributed by atoms with E-state index in [4.69, 9.17) is 0 Å². The Hall–Kier alpha value is -1.56. The van der Waals surface area contributed by atoms with Crippen molar-refractivity contribution in [1.82, 2.24) is 4.90 Å². The van der Waals surface area contributed by atoms with E-state index in [9.17, 15) is 19.1 Å². The molecule has 1 fully saturated rings. The van der Waals surface area contributed by atoms with Crippen molar-refractivity contribution in [3.05, 3.63) is 35.6 Å². The van der Waals surface area contributed by atoms with Gasteiger partial charge >= 0.3 is 5.97 Å². The number of halogens is 1. The van der Waals surface area contributed by atoms with E-state index in [0.29, 0.717) is 0 Å². The van der Waals surface area contributed by atoms with Gasteiger partial charge in [0.1, 0.15) is 17.2 Å². The van der Waals surface area contributed by atoms with Gasteiger partial charge < -0.3 is 10.0 Å². The maximum absolute atomic E-state index is 13.0. The standard InChI is InChI=1S/C14H16FNO3S/c1-8(17)16-11(13(18)19)14(2,3)20-12(16)9-4-6-10(15)7-5-9/h4-7,11-12H,1-3H3,(H,18,19)/t11-,12+/m0/s1. The molecule has 0 radical (unpaired) electrons. The maximum Gasteiger partial charge on any atom is 0.327 e. The minimum absolute atomic E-state index is 0.301. The minimum Gasteiger partial charge on any atom is -0.480 e. The normalized spacial score (nSPS) is 24.7. The summed E-state index contributed by atoms with van der Waals surface area (Å²) < 4.78 is 12.4. The number of carbonyl (C=O) groups is 2. The van der Waals surface area contributed by atoms with E-state index in [2.05, 4.69) is 0 Å². The zero-order chi connectivity index (χ0) is 15.1. The molecule has 4 nitrogen and oxygen atoms in total. The molecule has 1 aliphatic rings. The summed E-state index contributed by atoms with van der Waals surface area (Å²) in [6.07, 6.45) is 0. The lowest BCUT2D eigenvalue weighted by molar-refractivity contribution is -0.150. The highest BCUT2D eigenvalue weighted by atomic mass is 32.2. The van der Waals surface area contributed by atoms with Gasteiger partial charge in [0.15, 0.2) is 0 Å². The van der Waals surface area contributed by atoms with Crippen LogP contribution < -0.4 is 0 Å². The largest absolute Gasteiger partial charge is 0.480 e. The first-order valence-electron chi connectivity index (χ1n) is 6.19. The van der Waals surface area contributed by atoms with E-state index in [1.807, 2.05) is 0 Å². The van der Waals surface area contributed by atoms with Gasteiger partial charge in [-0.1, -0.05) is 12.1 Å². The van der Waals surface area contributed by atoms with Crippen molar-refractivity contribution in [2.45, 2.75) is 36.9 Å². The van der Waals surface area contributed by atoms with E-state index in [0.717, 1.165) is 5.56 Å². The van der Waals surface area contributed by atoms with Crippen LogP contribution in [-0.4, -0.2) is 32.7 Å². The lowest BCUT2D eigenvalue weighted by Gasteiger charge is -2.28. The van der Waals surface area contributed by atoms with Crippen molar-refractivity contribution in [3.63, 3.8) is 0 Å². The number of nitrogens with zero attached hydrogens (tertiary/aromatic N) is 1. The number of carboxylic acid groups (broad SMARTS) is 1. The number of hydrogen-bond donors (Lipinski definition) is 1. The number of hydrogen-bond acceptors (Lipinski definition) is 3. The van der Waals surface area contributed by atoms with Crippen LogP contribution in [-0.2, 0) is 9.59 Å². The summed E-state index contributed by atoms with van der Waals surface area (Å²) in [4.78, 5) is 24.7. The van der Waals surface area contributed by atoms with Crippen LogP contribution in [0.1, 0.15) is 31.7 Å². The molecular weight excluding hydrogens is 281 g/mol. The maximum atomic E-state index is 13.0. The molecule has 1 N–H and O–H groups in total. The lowest BCUT2D eigenvalue weighted by atomic mass is 10.0. The van der Waals surface area contributed by atoms with E-state index in [1.165, 1.54) is 35.7 Å². The van der Waals surface area contributed by atoms with Crippen LogP contribution in [0.15, 0.2) is 24.3 Å². The van der Waals surface area contributed by atoms with Gasteiger partial charge in [-0.15, -0.1) is 11.8 Å². The molecule has 0 saturated carbocycles. The SMILES string of the molecule is CC(=O)N1[C@@H](c2ccc(F)cc2)SC(C)(C)[C@@H]1C(=O)O. The number of benzene rings is 1. The molecule has 1 saturated heterocycles. The first-order valence-corrected chi connectivity index (χ1v) is 7.07. The zero-order valence-corrected chi connectivity index (χ0v) is 12.3. The average Bonchev–Trinajstić information content (AvgIpc) is 2.62. The van der Waals surface area contributed by atoms with E-state index < -0.39 is 22.1 Å². The second-order valence-corrected chi connectivity index (χ2v) is 7.03. The molecule has 108 valence electrons. The monoisotopic (exact) mass is 297 g/mol. The first kappa shape index (κ1) is 14.8. The fraction of sp³-hybridized carbons (Fsp3) is 0.429. The third-order valence-corrected chi connectivity index (χ3v) is 4.91. The van der Waals surface area contributed by atoms with E-state index in [1.54, 1.807) is 26.0 Å². The van der Waals surface area contributed by atoms with Crippen LogP contribution in [0.4, 0.5) is 4.39 Å². The topological polar surface area (TPSA) is 57.6 Å². The van der Waals surface area contributed by atoms with Crippen molar-refractivity contribution in [3.8, 4) is 0 Å². The highest BCUT2D eigenvalue weighted by molar-refractivity contribution is 8.01. The van der Waals surface area contributed by atoms with Gasteiger partial charge in [0, 0.05) is 11.7 Å². The number of carbonyl (C=O) groups excluding carboxylic acids is 1. The van der Waals surface area contributed by atoms with Crippen LogP contribution in [0.3, 0.4) is 0 Å². The Morgan fingerprint density at radius 2 is 1.85 bits per heavy atom. The number of rotatable bonds is 2. The molecular formula is C14H16FNO3S. The zero-order valence-electron chi connectivity index (χ0n) is 11.5. The number of aliphatic carboxylic acids is 1. The molecule has 0 aliphatic carbocycles. The number of carboxylic acids is 1. The van der Waals surface area contributed by atoms with Gasteiger partial charge in [0.25, 0.3) is 0 Å². The van der Waals surface area contributed by atoms with Crippen molar-refractivity contribution < 1.29 is 19.1 Å². The fourth-order valence-electron chi connectivity index (χ4n) is 2.50. The van der Waals surface area contributed by atoms with Crippen molar-refractivity contribution in [2.75, 3.05) is 0 Å². The van der Waals surface area contributed by atoms with E-state index in [-0.39, 0.29) is 11.7 Å². The second-order valence-electron chi connectivity index (χ2n) is 5.29. The minimum atomic E-state index is -1.03.